The van der Waals surface area contributed by atoms with E-state index in [9.17, 15) is 0 Å². The van der Waals surface area contributed by atoms with Crippen LogP contribution in [0.4, 0.5) is 0 Å². The van der Waals surface area contributed by atoms with Crippen LogP contribution in [-0.4, -0.2) is 44.2 Å². The molecule has 1 N–H and O–H groups in total. The van der Waals surface area contributed by atoms with Crippen LogP contribution in [0, 0.1) is 0 Å². The molecule has 0 spiro atoms. The fraction of sp³-hybridized carbons (Fsp3) is 0.667. The second kappa shape index (κ2) is 5.59. The Hall–Kier alpha value is -1.03. The summed E-state index contributed by atoms with van der Waals surface area (Å²) in [5.41, 5.74) is 0. The van der Waals surface area contributed by atoms with E-state index < -0.39 is 0 Å². The third-order valence-electron chi connectivity index (χ3n) is 1.90. The van der Waals surface area contributed by atoms with Crippen molar-refractivity contribution >= 4 is 5.96 Å². The maximum atomic E-state index is 5.26. The van der Waals surface area contributed by atoms with Crippen molar-refractivity contribution in [2.24, 2.45) is 4.99 Å². The van der Waals surface area contributed by atoms with Crippen LogP contribution in [0.15, 0.2) is 17.3 Å². The van der Waals surface area contributed by atoms with E-state index in [0.29, 0.717) is 0 Å². The molecular formula is C9H17N3O. The Morgan fingerprint density at radius 3 is 2.69 bits per heavy atom. The standard InChI is InChI=1S/C9H17N3O/c1-3-4-11-9(10-2)12-5-7-13-8-6-12/h3-4H,5-8H2,1-2H3,(H,10,11)/b4-3-. The summed E-state index contributed by atoms with van der Waals surface area (Å²) in [5.74, 6) is 0.918. The lowest BCUT2D eigenvalue weighted by molar-refractivity contribution is 0.0668. The summed E-state index contributed by atoms with van der Waals surface area (Å²) in [5, 5.41) is 3.13. The van der Waals surface area contributed by atoms with Gasteiger partial charge in [0.1, 0.15) is 0 Å². The van der Waals surface area contributed by atoms with Crippen molar-refractivity contribution in [2.45, 2.75) is 6.92 Å². The minimum atomic E-state index is 0.788. The van der Waals surface area contributed by atoms with Crippen molar-refractivity contribution in [1.82, 2.24) is 10.2 Å². The molecule has 0 radical (unpaired) electrons. The Labute approximate surface area is 79.3 Å². The van der Waals surface area contributed by atoms with E-state index in [1.807, 2.05) is 19.2 Å². The van der Waals surface area contributed by atoms with Crippen molar-refractivity contribution in [1.29, 1.82) is 0 Å². The van der Waals surface area contributed by atoms with Gasteiger partial charge in [-0.1, -0.05) is 6.08 Å². The van der Waals surface area contributed by atoms with Gasteiger partial charge in [0.25, 0.3) is 0 Å². The van der Waals surface area contributed by atoms with Gasteiger partial charge in [-0.3, -0.25) is 4.99 Å². The number of hydrogen-bond donors (Lipinski definition) is 1. The number of rotatable bonds is 1. The molecule has 1 saturated heterocycles. The minimum absolute atomic E-state index is 0.788. The van der Waals surface area contributed by atoms with Crippen molar-refractivity contribution in [2.75, 3.05) is 33.4 Å². The zero-order valence-electron chi connectivity index (χ0n) is 8.29. The highest BCUT2D eigenvalue weighted by molar-refractivity contribution is 5.80. The van der Waals surface area contributed by atoms with E-state index in [1.165, 1.54) is 0 Å². The average Bonchev–Trinajstić information content (AvgIpc) is 2.21. The summed E-state index contributed by atoms with van der Waals surface area (Å²) >= 11 is 0. The highest BCUT2D eigenvalue weighted by atomic mass is 16.5. The van der Waals surface area contributed by atoms with E-state index in [1.54, 1.807) is 7.05 Å². The monoisotopic (exact) mass is 183 g/mol. The Morgan fingerprint density at radius 2 is 2.15 bits per heavy atom. The Morgan fingerprint density at radius 1 is 1.46 bits per heavy atom. The molecule has 74 valence electrons. The molecule has 0 saturated carbocycles. The molecule has 0 unspecified atom stereocenters. The highest BCUT2D eigenvalue weighted by Gasteiger charge is 2.12. The summed E-state index contributed by atoms with van der Waals surface area (Å²) in [7, 11) is 1.79. The first-order valence-corrected chi connectivity index (χ1v) is 4.55. The summed E-state index contributed by atoms with van der Waals surface area (Å²) in [4.78, 5) is 6.36. The van der Waals surface area contributed by atoms with E-state index >= 15 is 0 Å². The van der Waals surface area contributed by atoms with Crippen LogP contribution in [0.5, 0.6) is 0 Å². The highest BCUT2D eigenvalue weighted by Crippen LogP contribution is 1.96. The van der Waals surface area contributed by atoms with Gasteiger partial charge in [0, 0.05) is 20.1 Å². The first-order chi connectivity index (χ1) is 6.38. The van der Waals surface area contributed by atoms with Crippen LogP contribution in [0.25, 0.3) is 0 Å². The molecule has 4 nitrogen and oxygen atoms in total. The molecule has 1 fully saturated rings. The van der Waals surface area contributed by atoms with Gasteiger partial charge in [-0.2, -0.15) is 0 Å². The molecule has 1 rings (SSSR count). The molecular weight excluding hydrogens is 166 g/mol. The molecule has 0 aromatic carbocycles. The Balaban J connectivity index is 2.45. The largest absolute Gasteiger partial charge is 0.378 e. The lowest BCUT2D eigenvalue weighted by Crippen LogP contribution is -2.45. The first-order valence-electron chi connectivity index (χ1n) is 4.55. The van der Waals surface area contributed by atoms with Crippen LogP contribution in [-0.2, 0) is 4.74 Å². The maximum Gasteiger partial charge on any atom is 0.197 e. The van der Waals surface area contributed by atoms with Crippen molar-refractivity contribution in [3.8, 4) is 0 Å². The van der Waals surface area contributed by atoms with Gasteiger partial charge in [-0.15, -0.1) is 0 Å². The number of aliphatic imine (C=N–C) groups is 1. The van der Waals surface area contributed by atoms with E-state index in [4.69, 9.17) is 4.74 Å². The molecule has 4 heteroatoms. The molecule has 1 heterocycles. The van der Waals surface area contributed by atoms with Crippen molar-refractivity contribution in [3.05, 3.63) is 12.3 Å². The Kier molecular flexibility index (Phi) is 4.32. The van der Waals surface area contributed by atoms with Crippen LogP contribution in [0.2, 0.25) is 0 Å². The van der Waals surface area contributed by atoms with Gasteiger partial charge >= 0.3 is 0 Å². The third kappa shape index (κ3) is 3.06. The summed E-state index contributed by atoms with van der Waals surface area (Å²) in [6, 6.07) is 0. The normalized spacial score (nSPS) is 19.5. The minimum Gasteiger partial charge on any atom is -0.378 e. The quantitative estimate of drug-likeness (QED) is 0.473. The zero-order valence-corrected chi connectivity index (χ0v) is 8.29. The Bertz CT molecular complexity index is 195. The van der Waals surface area contributed by atoms with Crippen LogP contribution < -0.4 is 5.32 Å². The molecule has 13 heavy (non-hydrogen) atoms. The molecule has 0 amide bonds. The van der Waals surface area contributed by atoms with Gasteiger partial charge in [0.05, 0.1) is 13.2 Å². The lowest BCUT2D eigenvalue weighted by Gasteiger charge is -2.29. The molecule has 0 atom stereocenters. The summed E-state index contributed by atoms with van der Waals surface area (Å²) < 4.78 is 5.26. The average molecular weight is 183 g/mol. The number of morpholine rings is 1. The molecule has 1 aliphatic rings. The van der Waals surface area contributed by atoms with Crippen LogP contribution in [0.3, 0.4) is 0 Å². The molecule has 1 aliphatic heterocycles. The van der Waals surface area contributed by atoms with E-state index in [2.05, 4.69) is 15.2 Å². The molecule has 0 aromatic heterocycles. The molecule has 0 aliphatic carbocycles. The van der Waals surface area contributed by atoms with Crippen LogP contribution >= 0.6 is 0 Å². The van der Waals surface area contributed by atoms with Crippen LogP contribution in [0.1, 0.15) is 6.92 Å². The van der Waals surface area contributed by atoms with Gasteiger partial charge in [-0.25, -0.2) is 0 Å². The van der Waals surface area contributed by atoms with Gasteiger partial charge < -0.3 is 15.0 Å². The van der Waals surface area contributed by atoms with E-state index in [0.717, 1.165) is 32.3 Å². The van der Waals surface area contributed by atoms with Crippen molar-refractivity contribution in [3.63, 3.8) is 0 Å². The second-order valence-corrected chi connectivity index (χ2v) is 2.79. The SMILES string of the molecule is C/C=C\NC(=NC)N1CCOCC1. The number of nitrogens with zero attached hydrogens (tertiary/aromatic N) is 2. The van der Waals surface area contributed by atoms with Gasteiger partial charge in [0.2, 0.25) is 0 Å². The fourth-order valence-corrected chi connectivity index (χ4v) is 1.23. The van der Waals surface area contributed by atoms with E-state index in [-0.39, 0.29) is 0 Å². The maximum absolute atomic E-state index is 5.26. The molecule has 0 aromatic rings. The predicted octanol–water partition coefficient (Wildman–Crippen LogP) is 0.428. The number of ether oxygens (including phenoxy) is 1. The zero-order chi connectivity index (χ0) is 9.52. The second-order valence-electron chi connectivity index (χ2n) is 2.79. The van der Waals surface area contributed by atoms with Gasteiger partial charge in [-0.05, 0) is 13.1 Å². The fourth-order valence-electron chi connectivity index (χ4n) is 1.23. The molecule has 0 bridgehead atoms. The first kappa shape index (κ1) is 10.1. The predicted molar refractivity (Wildman–Crippen MR) is 53.7 cm³/mol. The summed E-state index contributed by atoms with van der Waals surface area (Å²) in [6.07, 6.45) is 3.84. The number of allylic oxidation sites excluding steroid dienone is 1. The number of guanidine groups is 1. The van der Waals surface area contributed by atoms with Gasteiger partial charge in [0.15, 0.2) is 5.96 Å². The lowest BCUT2D eigenvalue weighted by atomic mass is 10.4. The smallest absolute Gasteiger partial charge is 0.197 e. The summed E-state index contributed by atoms with van der Waals surface area (Å²) in [6.45, 7) is 5.38. The number of hydrogen-bond acceptors (Lipinski definition) is 2. The van der Waals surface area contributed by atoms with Crippen molar-refractivity contribution < 1.29 is 4.74 Å². The topological polar surface area (TPSA) is 36.9 Å². The third-order valence-corrected chi connectivity index (χ3v) is 1.90. The number of nitrogens with one attached hydrogen (secondary N) is 1.